The number of benzene rings is 1. The topological polar surface area (TPSA) is 56.3 Å². The molecule has 0 saturated carbocycles. The van der Waals surface area contributed by atoms with E-state index in [2.05, 4.69) is 9.17 Å². The summed E-state index contributed by atoms with van der Waals surface area (Å²) in [6, 6.07) is 10.4. The standard InChI is InChI=1S/C13H10F3NO3S/c1-9-5-4-7-11(17-9)10-6-2-3-8-12(10)20-21(18,19)13(14,15)16/h2-8H,1H3. The molecule has 0 radical (unpaired) electrons. The summed E-state index contributed by atoms with van der Waals surface area (Å²) in [5.41, 5.74) is -4.36. The van der Waals surface area contributed by atoms with Gasteiger partial charge in [0.15, 0.2) is 5.75 Å². The minimum Gasteiger partial charge on any atom is -0.375 e. The zero-order chi connectivity index (χ0) is 15.7. The molecular weight excluding hydrogens is 307 g/mol. The third kappa shape index (κ3) is 3.33. The molecule has 0 saturated heterocycles. The first kappa shape index (κ1) is 15.3. The van der Waals surface area contributed by atoms with Gasteiger partial charge in [0.1, 0.15) is 0 Å². The Labute approximate surface area is 119 Å². The van der Waals surface area contributed by atoms with E-state index in [-0.39, 0.29) is 5.56 Å². The van der Waals surface area contributed by atoms with Crippen molar-refractivity contribution >= 4 is 10.1 Å². The molecule has 0 aliphatic rings. The van der Waals surface area contributed by atoms with E-state index in [0.717, 1.165) is 6.07 Å². The van der Waals surface area contributed by atoms with Crippen LogP contribution in [0, 0.1) is 6.92 Å². The highest BCUT2D eigenvalue weighted by Gasteiger charge is 2.48. The van der Waals surface area contributed by atoms with E-state index in [4.69, 9.17) is 0 Å². The monoisotopic (exact) mass is 317 g/mol. The lowest BCUT2D eigenvalue weighted by atomic mass is 10.1. The van der Waals surface area contributed by atoms with Gasteiger partial charge < -0.3 is 4.18 Å². The van der Waals surface area contributed by atoms with Crippen LogP contribution in [0.5, 0.6) is 5.75 Å². The Morgan fingerprint density at radius 2 is 1.71 bits per heavy atom. The average Bonchev–Trinajstić information content (AvgIpc) is 2.37. The van der Waals surface area contributed by atoms with E-state index in [9.17, 15) is 21.6 Å². The molecule has 21 heavy (non-hydrogen) atoms. The molecule has 0 unspecified atom stereocenters. The fraction of sp³-hybridized carbons (Fsp3) is 0.154. The number of hydrogen-bond acceptors (Lipinski definition) is 4. The molecule has 112 valence electrons. The van der Waals surface area contributed by atoms with E-state index in [1.807, 2.05) is 0 Å². The Bertz CT molecular complexity index is 757. The van der Waals surface area contributed by atoms with Gasteiger partial charge in [-0.2, -0.15) is 21.6 Å². The first-order valence-electron chi connectivity index (χ1n) is 5.74. The average molecular weight is 317 g/mol. The van der Waals surface area contributed by atoms with Crippen molar-refractivity contribution in [2.75, 3.05) is 0 Å². The molecule has 0 aliphatic heterocycles. The number of pyridine rings is 1. The molecule has 1 aromatic heterocycles. The molecule has 0 N–H and O–H groups in total. The van der Waals surface area contributed by atoms with Crippen molar-refractivity contribution in [1.29, 1.82) is 0 Å². The van der Waals surface area contributed by atoms with Gasteiger partial charge in [-0.05, 0) is 31.2 Å². The van der Waals surface area contributed by atoms with Crippen LogP contribution >= 0.6 is 0 Å². The Morgan fingerprint density at radius 1 is 1.05 bits per heavy atom. The highest BCUT2D eigenvalue weighted by atomic mass is 32.2. The number of alkyl halides is 3. The van der Waals surface area contributed by atoms with Crippen LogP contribution in [0.3, 0.4) is 0 Å². The lowest BCUT2D eigenvalue weighted by Gasteiger charge is -2.12. The highest BCUT2D eigenvalue weighted by molar-refractivity contribution is 7.88. The summed E-state index contributed by atoms with van der Waals surface area (Å²) in [5, 5.41) is 0. The number of hydrogen-bond donors (Lipinski definition) is 0. The minimum atomic E-state index is -5.72. The van der Waals surface area contributed by atoms with Crippen LogP contribution in [0.2, 0.25) is 0 Å². The third-order valence-corrected chi connectivity index (χ3v) is 3.50. The SMILES string of the molecule is Cc1cccc(-c2ccccc2OS(=O)(=O)C(F)(F)F)n1. The predicted octanol–water partition coefficient (Wildman–Crippen LogP) is 3.29. The number of halogens is 3. The molecule has 1 aromatic carbocycles. The fourth-order valence-corrected chi connectivity index (χ4v) is 2.09. The number of aryl methyl sites for hydroxylation is 1. The predicted molar refractivity (Wildman–Crippen MR) is 70.0 cm³/mol. The molecule has 0 aliphatic carbocycles. The lowest BCUT2D eigenvalue weighted by Crippen LogP contribution is -2.28. The second-order valence-electron chi connectivity index (χ2n) is 4.14. The third-order valence-electron chi connectivity index (χ3n) is 2.53. The molecule has 0 atom stereocenters. The van der Waals surface area contributed by atoms with Gasteiger partial charge in [-0.3, -0.25) is 4.98 Å². The van der Waals surface area contributed by atoms with Crippen LogP contribution in [-0.2, 0) is 10.1 Å². The van der Waals surface area contributed by atoms with Crippen molar-refractivity contribution < 1.29 is 25.8 Å². The number of aromatic nitrogens is 1. The van der Waals surface area contributed by atoms with E-state index < -0.39 is 21.4 Å². The van der Waals surface area contributed by atoms with Crippen molar-refractivity contribution in [2.45, 2.75) is 12.4 Å². The summed E-state index contributed by atoms with van der Waals surface area (Å²) < 4.78 is 63.6. The molecular formula is C13H10F3NO3S. The summed E-state index contributed by atoms with van der Waals surface area (Å²) in [5.74, 6) is -0.423. The van der Waals surface area contributed by atoms with Gasteiger partial charge in [0.25, 0.3) is 0 Å². The summed E-state index contributed by atoms with van der Waals surface area (Å²) in [7, 11) is -5.72. The Kier molecular flexibility index (Phi) is 3.91. The summed E-state index contributed by atoms with van der Waals surface area (Å²) in [4.78, 5) is 4.14. The second-order valence-corrected chi connectivity index (χ2v) is 5.68. The zero-order valence-electron chi connectivity index (χ0n) is 10.8. The Balaban J connectivity index is 2.48. The number of rotatable bonds is 3. The molecule has 8 heteroatoms. The van der Waals surface area contributed by atoms with Crippen molar-refractivity contribution in [3.63, 3.8) is 0 Å². The fourth-order valence-electron chi connectivity index (χ4n) is 1.61. The zero-order valence-corrected chi connectivity index (χ0v) is 11.6. The summed E-state index contributed by atoms with van der Waals surface area (Å²) in [6.07, 6.45) is 0. The van der Waals surface area contributed by atoms with Crippen LogP contribution in [0.15, 0.2) is 42.5 Å². The molecule has 0 spiro atoms. The van der Waals surface area contributed by atoms with Crippen molar-refractivity contribution in [3.05, 3.63) is 48.2 Å². The molecule has 0 fully saturated rings. The largest absolute Gasteiger partial charge is 0.534 e. The van der Waals surface area contributed by atoms with Crippen LogP contribution < -0.4 is 4.18 Å². The molecule has 0 bridgehead atoms. The molecule has 1 heterocycles. The van der Waals surface area contributed by atoms with E-state index in [0.29, 0.717) is 11.4 Å². The van der Waals surface area contributed by atoms with Gasteiger partial charge in [-0.1, -0.05) is 18.2 Å². The second kappa shape index (κ2) is 5.36. The van der Waals surface area contributed by atoms with Crippen LogP contribution in [0.25, 0.3) is 11.3 Å². The first-order valence-corrected chi connectivity index (χ1v) is 7.15. The highest BCUT2D eigenvalue weighted by Crippen LogP contribution is 2.33. The van der Waals surface area contributed by atoms with Crippen LogP contribution in [0.1, 0.15) is 5.69 Å². The normalized spacial score (nSPS) is 12.2. The first-order chi connectivity index (χ1) is 9.71. The maximum atomic E-state index is 12.4. The number of nitrogens with zero attached hydrogens (tertiary/aromatic N) is 1. The Morgan fingerprint density at radius 3 is 2.33 bits per heavy atom. The molecule has 0 amide bonds. The maximum absolute atomic E-state index is 12.4. The van der Waals surface area contributed by atoms with Crippen molar-refractivity contribution in [1.82, 2.24) is 4.98 Å². The molecule has 2 aromatic rings. The van der Waals surface area contributed by atoms with Gasteiger partial charge in [0, 0.05) is 11.3 Å². The van der Waals surface area contributed by atoms with Crippen molar-refractivity contribution in [2.24, 2.45) is 0 Å². The quantitative estimate of drug-likeness (QED) is 0.644. The van der Waals surface area contributed by atoms with Crippen molar-refractivity contribution in [3.8, 4) is 17.0 Å². The Hall–Kier alpha value is -2.09. The van der Waals surface area contributed by atoms with Gasteiger partial charge in [-0.15, -0.1) is 0 Å². The van der Waals surface area contributed by atoms with Gasteiger partial charge in [-0.25, -0.2) is 0 Å². The van der Waals surface area contributed by atoms with E-state index in [1.54, 1.807) is 31.2 Å². The lowest BCUT2D eigenvalue weighted by molar-refractivity contribution is -0.0499. The number of para-hydroxylation sites is 1. The van der Waals surface area contributed by atoms with Gasteiger partial charge >= 0.3 is 15.6 Å². The molecule has 2 rings (SSSR count). The summed E-state index contributed by atoms with van der Waals surface area (Å²) >= 11 is 0. The minimum absolute atomic E-state index is 0.161. The van der Waals surface area contributed by atoms with Crippen LogP contribution in [0.4, 0.5) is 13.2 Å². The van der Waals surface area contributed by atoms with Gasteiger partial charge in [0.2, 0.25) is 0 Å². The smallest absolute Gasteiger partial charge is 0.375 e. The molecule has 4 nitrogen and oxygen atoms in total. The van der Waals surface area contributed by atoms with Crippen LogP contribution in [-0.4, -0.2) is 18.9 Å². The van der Waals surface area contributed by atoms with E-state index >= 15 is 0 Å². The van der Waals surface area contributed by atoms with Gasteiger partial charge in [0.05, 0.1) is 5.69 Å². The maximum Gasteiger partial charge on any atom is 0.534 e. The summed E-state index contributed by atoms with van der Waals surface area (Å²) in [6.45, 7) is 1.71. The van der Waals surface area contributed by atoms with E-state index in [1.165, 1.54) is 12.1 Å².